The van der Waals surface area contributed by atoms with Crippen LogP contribution in [0.4, 0.5) is 17.6 Å². The number of hydrogen-bond acceptors (Lipinski definition) is 2. The highest BCUT2D eigenvalue weighted by atomic mass is 35.5. The number of rotatable bonds is 4. The molecule has 2 nitrogen and oxygen atoms in total. The fraction of sp³-hybridized carbons (Fsp3) is 0.538. The molecule has 0 spiro atoms. The van der Waals surface area contributed by atoms with Crippen molar-refractivity contribution in [2.24, 2.45) is 11.7 Å². The molecule has 20 heavy (non-hydrogen) atoms. The molecule has 0 saturated carbocycles. The Bertz CT molecular complexity index is 439. The molecule has 7 heteroatoms. The zero-order valence-electron chi connectivity index (χ0n) is 11.1. The van der Waals surface area contributed by atoms with E-state index in [-0.39, 0.29) is 23.9 Å². The van der Waals surface area contributed by atoms with E-state index in [1.54, 1.807) is 6.92 Å². The lowest BCUT2D eigenvalue weighted by Crippen LogP contribution is -2.31. The van der Waals surface area contributed by atoms with Crippen molar-refractivity contribution in [2.75, 3.05) is 0 Å². The highest BCUT2D eigenvalue weighted by molar-refractivity contribution is 5.85. The summed E-state index contributed by atoms with van der Waals surface area (Å²) < 4.78 is 50.9. The van der Waals surface area contributed by atoms with Crippen LogP contribution in [0.15, 0.2) is 18.2 Å². The highest BCUT2D eigenvalue weighted by Crippen LogP contribution is 2.33. The lowest BCUT2D eigenvalue weighted by Gasteiger charge is -2.24. The number of halogens is 5. The van der Waals surface area contributed by atoms with Crippen molar-refractivity contribution in [3.8, 4) is 0 Å². The molecule has 0 saturated heterocycles. The van der Waals surface area contributed by atoms with Crippen molar-refractivity contribution in [3.63, 3.8) is 0 Å². The van der Waals surface area contributed by atoms with Gasteiger partial charge in [0.05, 0.1) is 17.7 Å². The predicted molar refractivity (Wildman–Crippen MR) is 71.0 cm³/mol. The number of aliphatic hydroxyl groups is 1. The number of nitrogens with two attached hydrogens (primary N) is 1. The fourth-order valence-electron chi connectivity index (χ4n) is 1.76. The average molecular weight is 316 g/mol. The molecule has 1 unspecified atom stereocenters. The molecule has 1 rings (SSSR count). The first-order valence-corrected chi connectivity index (χ1v) is 5.98. The Morgan fingerprint density at radius 3 is 2.30 bits per heavy atom. The second-order valence-electron chi connectivity index (χ2n) is 4.64. The van der Waals surface area contributed by atoms with Crippen molar-refractivity contribution < 1.29 is 22.7 Å². The van der Waals surface area contributed by atoms with Crippen LogP contribution in [0.1, 0.15) is 37.4 Å². The molecule has 0 heterocycles. The molecule has 3 N–H and O–H groups in total. The van der Waals surface area contributed by atoms with Gasteiger partial charge in [-0.2, -0.15) is 13.2 Å². The Balaban J connectivity index is 0.00000361. The minimum atomic E-state index is -4.78. The fourth-order valence-corrected chi connectivity index (χ4v) is 1.76. The van der Waals surface area contributed by atoms with E-state index < -0.39 is 29.7 Å². The van der Waals surface area contributed by atoms with Crippen LogP contribution in [0.2, 0.25) is 0 Å². The van der Waals surface area contributed by atoms with Gasteiger partial charge in [-0.1, -0.05) is 26.3 Å². The molecule has 0 aliphatic heterocycles. The summed E-state index contributed by atoms with van der Waals surface area (Å²) in [6, 6.07) is 1.57. The van der Waals surface area contributed by atoms with E-state index in [0.717, 1.165) is 6.07 Å². The average Bonchev–Trinajstić information content (AvgIpc) is 2.35. The Morgan fingerprint density at radius 1 is 1.30 bits per heavy atom. The summed E-state index contributed by atoms with van der Waals surface area (Å²) in [6.45, 7) is 3.59. The lowest BCUT2D eigenvalue weighted by atomic mass is 9.91. The summed E-state index contributed by atoms with van der Waals surface area (Å²) in [5, 5.41) is 9.90. The molecule has 0 radical (unpaired) electrons. The molecule has 0 fully saturated rings. The third-order valence-corrected chi connectivity index (χ3v) is 3.28. The van der Waals surface area contributed by atoms with Gasteiger partial charge in [-0.15, -0.1) is 12.4 Å². The molecule has 116 valence electrons. The van der Waals surface area contributed by atoms with Crippen LogP contribution in [-0.2, 0) is 6.18 Å². The molecule has 1 aromatic rings. The summed E-state index contributed by atoms with van der Waals surface area (Å²) in [5.41, 5.74) is 4.44. The maximum absolute atomic E-state index is 13.1. The number of hydrogen-bond donors (Lipinski definition) is 2. The van der Waals surface area contributed by atoms with Crippen LogP contribution >= 0.6 is 12.4 Å². The minimum Gasteiger partial charge on any atom is -0.391 e. The van der Waals surface area contributed by atoms with Crippen LogP contribution in [0, 0.1) is 11.7 Å². The number of benzene rings is 1. The van der Waals surface area contributed by atoms with Crippen molar-refractivity contribution >= 4 is 12.4 Å². The second kappa shape index (κ2) is 7.24. The van der Waals surface area contributed by atoms with E-state index in [9.17, 15) is 22.7 Å². The normalized spacial score (nSPS) is 16.2. The molecule has 0 aliphatic carbocycles. The molecule has 0 aliphatic rings. The first-order chi connectivity index (χ1) is 8.68. The molecular formula is C13H18ClF4NO. The van der Waals surface area contributed by atoms with E-state index in [4.69, 9.17) is 5.73 Å². The van der Waals surface area contributed by atoms with E-state index in [2.05, 4.69) is 0 Å². The summed E-state index contributed by atoms with van der Waals surface area (Å²) in [5.74, 6) is -1.50. The van der Waals surface area contributed by atoms with Gasteiger partial charge in [-0.05, 0) is 23.6 Å². The predicted octanol–water partition coefficient (Wildman–Crippen LogP) is 3.67. The highest BCUT2D eigenvalue weighted by Gasteiger charge is 2.35. The van der Waals surface area contributed by atoms with Crippen molar-refractivity contribution in [3.05, 3.63) is 35.1 Å². The maximum Gasteiger partial charge on any atom is 0.419 e. The Hall–Kier alpha value is -0.850. The van der Waals surface area contributed by atoms with Crippen molar-refractivity contribution in [1.29, 1.82) is 0 Å². The largest absolute Gasteiger partial charge is 0.419 e. The summed E-state index contributed by atoms with van der Waals surface area (Å²) >= 11 is 0. The van der Waals surface area contributed by atoms with Gasteiger partial charge in [0.2, 0.25) is 0 Å². The monoisotopic (exact) mass is 315 g/mol. The topological polar surface area (TPSA) is 46.2 Å². The zero-order valence-corrected chi connectivity index (χ0v) is 11.9. The number of aliphatic hydroxyl groups excluding tert-OH is 1. The minimum absolute atomic E-state index is 0. The standard InChI is InChI=1S/C13H17F4NO.ClH/c1-3-7(2)12(19)11(18)8-4-5-10(14)9(6-8)13(15,16)17;/h4-7,11-12,19H,3,18H2,1-2H3;1H/t7?,11-,12+;/m1./s1. The van der Waals surface area contributed by atoms with E-state index in [0.29, 0.717) is 12.5 Å². The smallest absolute Gasteiger partial charge is 0.391 e. The Labute approximate surface area is 121 Å². The third kappa shape index (κ3) is 4.33. The van der Waals surface area contributed by atoms with Crippen molar-refractivity contribution in [1.82, 2.24) is 0 Å². The molecule has 0 bridgehead atoms. The van der Waals surface area contributed by atoms with E-state index in [1.165, 1.54) is 6.07 Å². The van der Waals surface area contributed by atoms with Crippen LogP contribution in [-0.4, -0.2) is 11.2 Å². The van der Waals surface area contributed by atoms with Crippen LogP contribution in [0.3, 0.4) is 0 Å². The maximum atomic E-state index is 13.1. The van der Waals surface area contributed by atoms with E-state index in [1.807, 2.05) is 6.92 Å². The third-order valence-electron chi connectivity index (χ3n) is 3.28. The van der Waals surface area contributed by atoms with Crippen molar-refractivity contribution in [2.45, 2.75) is 38.6 Å². The first-order valence-electron chi connectivity index (χ1n) is 5.98. The summed E-state index contributed by atoms with van der Waals surface area (Å²) in [6.07, 6.45) is -5.11. The summed E-state index contributed by atoms with van der Waals surface area (Å²) in [4.78, 5) is 0. The van der Waals surface area contributed by atoms with E-state index >= 15 is 0 Å². The Morgan fingerprint density at radius 2 is 1.85 bits per heavy atom. The van der Waals surface area contributed by atoms with Gasteiger partial charge in [-0.25, -0.2) is 4.39 Å². The molecule has 3 atom stereocenters. The van der Waals surface area contributed by atoms with Crippen LogP contribution < -0.4 is 5.73 Å². The molecular weight excluding hydrogens is 298 g/mol. The lowest BCUT2D eigenvalue weighted by molar-refractivity contribution is -0.140. The van der Waals surface area contributed by atoms with Gasteiger partial charge >= 0.3 is 6.18 Å². The van der Waals surface area contributed by atoms with Gasteiger partial charge in [0, 0.05) is 0 Å². The van der Waals surface area contributed by atoms with Gasteiger partial charge in [0.1, 0.15) is 5.82 Å². The molecule has 0 amide bonds. The van der Waals surface area contributed by atoms with Gasteiger partial charge in [0.25, 0.3) is 0 Å². The second-order valence-corrected chi connectivity index (χ2v) is 4.64. The quantitative estimate of drug-likeness (QED) is 0.833. The van der Waals surface area contributed by atoms with Gasteiger partial charge in [-0.3, -0.25) is 0 Å². The first kappa shape index (κ1) is 19.1. The Kier molecular flexibility index (Phi) is 6.93. The molecule has 0 aromatic heterocycles. The summed E-state index contributed by atoms with van der Waals surface area (Å²) in [7, 11) is 0. The number of alkyl halides is 3. The zero-order chi connectivity index (χ0) is 14.8. The van der Waals surface area contributed by atoms with Crippen LogP contribution in [0.25, 0.3) is 0 Å². The van der Waals surface area contributed by atoms with Gasteiger partial charge < -0.3 is 10.8 Å². The van der Waals surface area contributed by atoms with Crippen LogP contribution in [0.5, 0.6) is 0 Å². The SMILES string of the molecule is CCC(C)[C@H](O)[C@H](N)c1ccc(F)c(C(F)(F)F)c1.Cl. The molecule has 1 aromatic carbocycles. The van der Waals surface area contributed by atoms with Gasteiger partial charge in [0.15, 0.2) is 0 Å².